The van der Waals surface area contributed by atoms with Gasteiger partial charge in [-0.05, 0) is 37.8 Å². The van der Waals surface area contributed by atoms with Crippen molar-refractivity contribution in [2.45, 2.75) is 37.8 Å². The number of carbonyl (C=O) groups is 2. The molecule has 1 aromatic rings. The van der Waals surface area contributed by atoms with Gasteiger partial charge in [-0.3, -0.25) is 9.59 Å². The van der Waals surface area contributed by atoms with Gasteiger partial charge in [0.15, 0.2) is 0 Å². The van der Waals surface area contributed by atoms with E-state index in [4.69, 9.17) is 5.73 Å². The van der Waals surface area contributed by atoms with Crippen LogP contribution in [-0.4, -0.2) is 35.3 Å². The van der Waals surface area contributed by atoms with Crippen LogP contribution in [0.25, 0.3) is 0 Å². The molecule has 106 valence electrons. The van der Waals surface area contributed by atoms with E-state index in [-0.39, 0.29) is 17.9 Å². The number of nitrogens with two attached hydrogens (primary N) is 1. The van der Waals surface area contributed by atoms with Crippen molar-refractivity contribution in [2.24, 2.45) is 0 Å². The number of nitrogens with one attached hydrogen (secondary N) is 1. The predicted octanol–water partition coefficient (Wildman–Crippen LogP) is 1.15. The van der Waals surface area contributed by atoms with Crippen LogP contribution in [0.3, 0.4) is 0 Å². The Morgan fingerprint density at radius 3 is 2.65 bits per heavy atom. The van der Waals surface area contributed by atoms with Gasteiger partial charge in [-0.2, -0.15) is 0 Å². The smallest absolute Gasteiger partial charge is 0.256 e. The summed E-state index contributed by atoms with van der Waals surface area (Å²) < 4.78 is 0. The van der Waals surface area contributed by atoms with E-state index in [1.54, 1.807) is 29.2 Å². The molecule has 0 bridgehead atoms. The maximum Gasteiger partial charge on any atom is 0.256 e. The number of likely N-dealkylation sites (tertiary alicyclic amines) is 1. The van der Waals surface area contributed by atoms with Gasteiger partial charge in [0.05, 0.1) is 5.56 Å². The van der Waals surface area contributed by atoms with Crippen molar-refractivity contribution in [3.63, 3.8) is 0 Å². The van der Waals surface area contributed by atoms with Gasteiger partial charge in [0, 0.05) is 18.3 Å². The first-order chi connectivity index (χ1) is 9.66. The standard InChI is InChI=1S/C15H19N3O2/c16-12-5-2-1-4-11(12)15(20)18-9-3-6-13(18)14(19)17-10-7-8-10/h1-2,4-5,10,13H,3,6-9,16H2,(H,17,19). The third-order valence-corrected chi connectivity index (χ3v) is 3.93. The van der Waals surface area contributed by atoms with Gasteiger partial charge in [-0.25, -0.2) is 0 Å². The van der Waals surface area contributed by atoms with Crippen LogP contribution in [0.1, 0.15) is 36.0 Å². The minimum absolute atomic E-state index is 0.0205. The Hall–Kier alpha value is -2.04. The second-order valence-electron chi connectivity index (χ2n) is 5.53. The number of rotatable bonds is 3. The van der Waals surface area contributed by atoms with E-state index in [0.29, 0.717) is 23.8 Å². The summed E-state index contributed by atoms with van der Waals surface area (Å²) >= 11 is 0. The first kappa shape index (κ1) is 13.0. The quantitative estimate of drug-likeness (QED) is 0.811. The fourth-order valence-corrected chi connectivity index (χ4v) is 2.65. The van der Waals surface area contributed by atoms with E-state index in [1.165, 1.54) is 0 Å². The summed E-state index contributed by atoms with van der Waals surface area (Å²) in [4.78, 5) is 26.4. The van der Waals surface area contributed by atoms with E-state index < -0.39 is 0 Å². The van der Waals surface area contributed by atoms with Crippen LogP contribution in [0, 0.1) is 0 Å². The molecule has 2 aliphatic rings. The van der Waals surface area contributed by atoms with Crippen LogP contribution in [-0.2, 0) is 4.79 Å². The highest BCUT2D eigenvalue weighted by Crippen LogP contribution is 2.25. The second kappa shape index (κ2) is 5.15. The number of hydrogen-bond acceptors (Lipinski definition) is 3. The van der Waals surface area contributed by atoms with Crippen LogP contribution in [0.5, 0.6) is 0 Å². The highest BCUT2D eigenvalue weighted by atomic mass is 16.2. The molecular formula is C15H19N3O2. The lowest BCUT2D eigenvalue weighted by Gasteiger charge is -2.24. The summed E-state index contributed by atoms with van der Waals surface area (Å²) in [5, 5.41) is 2.98. The maximum absolute atomic E-state index is 12.5. The lowest BCUT2D eigenvalue weighted by Crippen LogP contribution is -2.46. The van der Waals surface area contributed by atoms with Crippen molar-refractivity contribution in [1.82, 2.24) is 10.2 Å². The minimum Gasteiger partial charge on any atom is -0.398 e. The molecule has 0 spiro atoms. The zero-order valence-corrected chi connectivity index (χ0v) is 11.3. The molecule has 1 saturated carbocycles. The van der Waals surface area contributed by atoms with E-state index in [0.717, 1.165) is 25.7 Å². The number of amides is 2. The van der Waals surface area contributed by atoms with Crippen LogP contribution in [0.15, 0.2) is 24.3 Å². The molecule has 1 aromatic carbocycles. The fraction of sp³-hybridized carbons (Fsp3) is 0.467. The third kappa shape index (κ3) is 2.48. The first-order valence-corrected chi connectivity index (χ1v) is 7.12. The molecule has 5 nitrogen and oxygen atoms in total. The maximum atomic E-state index is 12.5. The van der Waals surface area contributed by atoms with E-state index in [9.17, 15) is 9.59 Å². The zero-order valence-electron chi connectivity index (χ0n) is 11.3. The SMILES string of the molecule is Nc1ccccc1C(=O)N1CCCC1C(=O)NC1CC1. The van der Waals surface area contributed by atoms with Gasteiger partial charge in [-0.1, -0.05) is 12.1 Å². The van der Waals surface area contributed by atoms with E-state index in [2.05, 4.69) is 5.32 Å². The molecular weight excluding hydrogens is 254 g/mol. The van der Waals surface area contributed by atoms with Gasteiger partial charge >= 0.3 is 0 Å². The summed E-state index contributed by atoms with van der Waals surface area (Å²) in [7, 11) is 0. The first-order valence-electron chi connectivity index (χ1n) is 7.12. The Morgan fingerprint density at radius 1 is 1.20 bits per heavy atom. The van der Waals surface area contributed by atoms with Gasteiger partial charge in [0.2, 0.25) is 5.91 Å². The third-order valence-electron chi connectivity index (χ3n) is 3.93. The number of hydrogen-bond donors (Lipinski definition) is 2. The molecule has 20 heavy (non-hydrogen) atoms. The summed E-state index contributed by atoms with van der Waals surface area (Å²) in [6.45, 7) is 0.621. The highest BCUT2D eigenvalue weighted by Gasteiger charge is 2.37. The molecule has 3 N–H and O–H groups in total. The molecule has 2 amide bonds. The molecule has 1 aliphatic heterocycles. The second-order valence-corrected chi connectivity index (χ2v) is 5.53. The molecule has 0 aromatic heterocycles. The predicted molar refractivity (Wildman–Crippen MR) is 76.1 cm³/mol. The van der Waals surface area contributed by atoms with Crippen LogP contribution in [0.2, 0.25) is 0 Å². The normalized spacial score (nSPS) is 21.8. The Balaban J connectivity index is 1.76. The summed E-state index contributed by atoms with van der Waals surface area (Å²) in [6, 6.07) is 6.99. The molecule has 1 heterocycles. The zero-order chi connectivity index (χ0) is 14.1. The number of para-hydroxylation sites is 1. The summed E-state index contributed by atoms with van der Waals surface area (Å²) in [6.07, 6.45) is 3.70. The van der Waals surface area contributed by atoms with Crippen molar-refractivity contribution >= 4 is 17.5 Å². The summed E-state index contributed by atoms with van der Waals surface area (Å²) in [5.74, 6) is -0.163. The average molecular weight is 273 g/mol. The van der Waals surface area contributed by atoms with E-state index >= 15 is 0 Å². The topological polar surface area (TPSA) is 75.4 Å². The van der Waals surface area contributed by atoms with E-state index in [1.807, 2.05) is 0 Å². The monoisotopic (exact) mass is 273 g/mol. The molecule has 1 unspecified atom stereocenters. The Labute approximate surface area is 118 Å². The van der Waals surface area contributed by atoms with Crippen molar-refractivity contribution < 1.29 is 9.59 Å². The van der Waals surface area contributed by atoms with Gasteiger partial charge < -0.3 is 16.0 Å². The average Bonchev–Trinajstić information content (AvgIpc) is 3.11. The lowest BCUT2D eigenvalue weighted by atomic mass is 10.1. The number of nitrogen functional groups attached to an aromatic ring is 1. The number of anilines is 1. The van der Waals surface area contributed by atoms with Gasteiger partial charge in [-0.15, -0.1) is 0 Å². The number of carbonyl (C=O) groups excluding carboxylic acids is 2. The minimum atomic E-state index is -0.345. The van der Waals surface area contributed by atoms with Crippen molar-refractivity contribution in [2.75, 3.05) is 12.3 Å². The number of nitrogens with zero attached hydrogens (tertiary/aromatic N) is 1. The molecule has 3 rings (SSSR count). The Morgan fingerprint density at radius 2 is 1.95 bits per heavy atom. The van der Waals surface area contributed by atoms with Crippen LogP contribution >= 0.6 is 0 Å². The van der Waals surface area contributed by atoms with Crippen LogP contribution < -0.4 is 11.1 Å². The largest absolute Gasteiger partial charge is 0.398 e. The summed E-state index contributed by atoms with van der Waals surface area (Å²) in [5.41, 5.74) is 6.80. The highest BCUT2D eigenvalue weighted by molar-refractivity contribution is 6.01. The molecule has 1 atom stereocenters. The molecule has 2 fully saturated rings. The van der Waals surface area contributed by atoms with Crippen molar-refractivity contribution in [1.29, 1.82) is 0 Å². The van der Waals surface area contributed by atoms with Crippen LogP contribution in [0.4, 0.5) is 5.69 Å². The van der Waals surface area contributed by atoms with Gasteiger partial charge in [0.25, 0.3) is 5.91 Å². The molecule has 0 radical (unpaired) electrons. The Bertz CT molecular complexity index is 540. The lowest BCUT2D eigenvalue weighted by molar-refractivity contribution is -0.125. The molecule has 5 heteroatoms. The Kier molecular flexibility index (Phi) is 3.34. The molecule has 1 aliphatic carbocycles. The number of benzene rings is 1. The van der Waals surface area contributed by atoms with Crippen molar-refractivity contribution in [3.8, 4) is 0 Å². The van der Waals surface area contributed by atoms with Gasteiger partial charge in [0.1, 0.15) is 6.04 Å². The van der Waals surface area contributed by atoms with Crippen molar-refractivity contribution in [3.05, 3.63) is 29.8 Å². The fourth-order valence-electron chi connectivity index (χ4n) is 2.65. The molecule has 1 saturated heterocycles.